The minimum Gasteiger partial charge on any atom is -0.0648 e. The van der Waals surface area contributed by atoms with E-state index in [0.717, 1.165) is 17.3 Å². The van der Waals surface area contributed by atoms with Crippen molar-refractivity contribution >= 4 is 0 Å². The lowest BCUT2D eigenvalue weighted by Crippen LogP contribution is -2.02. The van der Waals surface area contributed by atoms with Gasteiger partial charge in [-0.3, -0.25) is 0 Å². The van der Waals surface area contributed by atoms with Crippen LogP contribution in [0.25, 0.3) is 0 Å². The minimum atomic E-state index is 0.782. The fourth-order valence-electron chi connectivity index (χ4n) is 2.45. The molecule has 0 heterocycles. The first-order valence-corrected chi connectivity index (χ1v) is 5.14. The molecule has 0 saturated heterocycles. The van der Waals surface area contributed by atoms with Crippen molar-refractivity contribution in [1.82, 2.24) is 0 Å². The van der Waals surface area contributed by atoms with Crippen LogP contribution in [0.15, 0.2) is 0 Å². The van der Waals surface area contributed by atoms with Crippen molar-refractivity contribution in [2.75, 3.05) is 0 Å². The van der Waals surface area contributed by atoms with Crippen LogP contribution in [0.5, 0.6) is 0 Å². The second-order valence-corrected chi connectivity index (χ2v) is 4.60. The average molecular weight is 154 g/mol. The summed E-state index contributed by atoms with van der Waals surface area (Å²) < 4.78 is 0. The van der Waals surface area contributed by atoms with Gasteiger partial charge < -0.3 is 0 Å². The molecular weight excluding hydrogens is 132 g/mol. The summed E-state index contributed by atoms with van der Waals surface area (Å²) in [5.41, 5.74) is 0.782. The minimum absolute atomic E-state index is 0.782. The van der Waals surface area contributed by atoms with Gasteiger partial charge in [-0.15, -0.1) is 0 Å². The molecule has 0 aliphatic heterocycles. The first kappa shape index (κ1) is 9.09. The van der Waals surface area contributed by atoms with E-state index in [1.807, 2.05) is 0 Å². The van der Waals surface area contributed by atoms with Gasteiger partial charge in [-0.1, -0.05) is 40.5 Å². The van der Waals surface area contributed by atoms with Gasteiger partial charge in [-0.25, -0.2) is 0 Å². The molecule has 1 atom stereocenters. The molecule has 66 valence electrons. The van der Waals surface area contributed by atoms with E-state index in [9.17, 15) is 0 Å². The summed E-state index contributed by atoms with van der Waals surface area (Å²) in [6.45, 7) is 9.39. The van der Waals surface area contributed by atoms with E-state index in [4.69, 9.17) is 0 Å². The summed E-state index contributed by atoms with van der Waals surface area (Å²) in [5, 5.41) is 0. The zero-order valence-corrected chi connectivity index (χ0v) is 8.48. The Morgan fingerprint density at radius 3 is 2.09 bits per heavy atom. The van der Waals surface area contributed by atoms with Crippen molar-refractivity contribution in [3.8, 4) is 0 Å². The fourth-order valence-corrected chi connectivity index (χ4v) is 2.45. The van der Waals surface area contributed by atoms with Crippen LogP contribution in [-0.2, 0) is 0 Å². The van der Waals surface area contributed by atoms with Gasteiger partial charge in [0.15, 0.2) is 0 Å². The molecule has 0 aromatic carbocycles. The van der Waals surface area contributed by atoms with E-state index in [1.165, 1.54) is 25.7 Å². The van der Waals surface area contributed by atoms with Gasteiger partial charge in [-0.2, -0.15) is 0 Å². The molecule has 1 saturated carbocycles. The highest BCUT2D eigenvalue weighted by molar-refractivity contribution is 5.00. The van der Waals surface area contributed by atoms with Crippen LogP contribution in [0, 0.1) is 17.3 Å². The maximum Gasteiger partial charge on any atom is -0.0271 e. The quantitative estimate of drug-likeness (QED) is 0.577. The third-order valence-corrected chi connectivity index (χ3v) is 3.52. The topological polar surface area (TPSA) is 0 Å². The van der Waals surface area contributed by atoms with Crippen LogP contribution < -0.4 is 0 Å². The van der Waals surface area contributed by atoms with Crippen molar-refractivity contribution in [2.45, 2.75) is 53.4 Å². The predicted molar refractivity (Wildman–Crippen MR) is 50.6 cm³/mol. The summed E-state index contributed by atoms with van der Waals surface area (Å²) in [7, 11) is 0. The Bertz CT molecular complexity index is 120. The van der Waals surface area contributed by atoms with Crippen molar-refractivity contribution in [3.63, 3.8) is 0 Å². The zero-order valence-electron chi connectivity index (χ0n) is 8.48. The number of rotatable bonds is 4. The molecule has 0 nitrogen and oxygen atoms in total. The van der Waals surface area contributed by atoms with Gasteiger partial charge in [0.1, 0.15) is 0 Å². The standard InChI is InChI=1S/C11H22/c1-5-11(6-2)8-10(11)7-9(3)4/h9-10H,5-8H2,1-4H3. The van der Waals surface area contributed by atoms with Crippen molar-refractivity contribution in [2.24, 2.45) is 17.3 Å². The molecule has 1 fully saturated rings. The molecule has 0 aromatic rings. The smallest absolute Gasteiger partial charge is 0.0271 e. The highest BCUT2D eigenvalue weighted by Crippen LogP contribution is 2.60. The Hall–Kier alpha value is 0. The largest absolute Gasteiger partial charge is 0.0648 e. The number of hydrogen-bond donors (Lipinski definition) is 0. The summed E-state index contributed by atoms with van der Waals surface area (Å²) in [6, 6.07) is 0. The summed E-state index contributed by atoms with van der Waals surface area (Å²) in [6.07, 6.45) is 5.78. The Labute approximate surface area is 71.4 Å². The third-order valence-electron chi connectivity index (χ3n) is 3.52. The lowest BCUT2D eigenvalue weighted by Gasteiger charge is -2.12. The molecule has 1 aliphatic carbocycles. The molecule has 0 spiro atoms. The lowest BCUT2D eigenvalue weighted by molar-refractivity contribution is 0.383. The van der Waals surface area contributed by atoms with Crippen LogP contribution in [0.1, 0.15) is 53.4 Å². The second-order valence-electron chi connectivity index (χ2n) is 4.60. The Morgan fingerprint density at radius 1 is 1.27 bits per heavy atom. The highest BCUT2D eigenvalue weighted by Gasteiger charge is 2.50. The van der Waals surface area contributed by atoms with E-state index in [1.54, 1.807) is 0 Å². The van der Waals surface area contributed by atoms with E-state index < -0.39 is 0 Å². The SMILES string of the molecule is CCC1(CC)CC1CC(C)C. The molecule has 1 rings (SSSR count). The van der Waals surface area contributed by atoms with Crippen LogP contribution in [0.3, 0.4) is 0 Å². The molecule has 0 radical (unpaired) electrons. The maximum absolute atomic E-state index is 2.35. The fraction of sp³-hybridized carbons (Fsp3) is 1.00. The molecular formula is C11H22. The molecule has 11 heavy (non-hydrogen) atoms. The van der Waals surface area contributed by atoms with Crippen LogP contribution in [0.4, 0.5) is 0 Å². The van der Waals surface area contributed by atoms with Crippen molar-refractivity contribution in [1.29, 1.82) is 0 Å². The van der Waals surface area contributed by atoms with E-state index >= 15 is 0 Å². The predicted octanol–water partition coefficient (Wildman–Crippen LogP) is 3.86. The van der Waals surface area contributed by atoms with E-state index in [2.05, 4.69) is 27.7 Å². The van der Waals surface area contributed by atoms with Gasteiger partial charge in [-0.05, 0) is 30.1 Å². The monoisotopic (exact) mass is 154 g/mol. The van der Waals surface area contributed by atoms with Crippen LogP contribution in [-0.4, -0.2) is 0 Å². The van der Waals surface area contributed by atoms with Gasteiger partial charge in [0.2, 0.25) is 0 Å². The van der Waals surface area contributed by atoms with Crippen molar-refractivity contribution < 1.29 is 0 Å². The Kier molecular flexibility index (Phi) is 2.61. The second kappa shape index (κ2) is 3.16. The zero-order chi connectivity index (χ0) is 8.48. The summed E-state index contributed by atoms with van der Waals surface area (Å²) in [5.74, 6) is 1.97. The summed E-state index contributed by atoms with van der Waals surface area (Å²) >= 11 is 0. The molecule has 0 aromatic heterocycles. The molecule has 0 bridgehead atoms. The molecule has 0 heteroatoms. The van der Waals surface area contributed by atoms with E-state index in [-0.39, 0.29) is 0 Å². The van der Waals surface area contributed by atoms with Gasteiger partial charge >= 0.3 is 0 Å². The Balaban J connectivity index is 2.32. The average Bonchev–Trinajstić information content (AvgIpc) is 2.63. The number of hydrogen-bond acceptors (Lipinski definition) is 0. The first-order valence-electron chi connectivity index (χ1n) is 5.14. The third kappa shape index (κ3) is 1.77. The normalized spacial score (nSPS) is 27.5. The van der Waals surface area contributed by atoms with Gasteiger partial charge in [0, 0.05) is 0 Å². The van der Waals surface area contributed by atoms with Crippen LogP contribution in [0.2, 0.25) is 0 Å². The van der Waals surface area contributed by atoms with Crippen LogP contribution >= 0.6 is 0 Å². The van der Waals surface area contributed by atoms with Gasteiger partial charge in [0.25, 0.3) is 0 Å². The van der Waals surface area contributed by atoms with E-state index in [0.29, 0.717) is 0 Å². The van der Waals surface area contributed by atoms with Gasteiger partial charge in [0.05, 0.1) is 0 Å². The van der Waals surface area contributed by atoms with Crippen molar-refractivity contribution in [3.05, 3.63) is 0 Å². The lowest BCUT2D eigenvalue weighted by atomic mass is 9.93. The maximum atomic E-state index is 2.35. The highest BCUT2D eigenvalue weighted by atomic mass is 14.5. The summed E-state index contributed by atoms with van der Waals surface area (Å²) in [4.78, 5) is 0. The molecule has 0 amide bonds. The molecule has 1 unspecified atom stereocenters. The Morgan fingerprint density at radius 2 is 1.82 bits per heavy atom. The molecule has 0 N–H and O–H groups in total. The first-order chi connectivity index (χ1) is 5.14. The molecule has 1 aliphatic rings.